The SMILES string of the molecule is C=CC(=O)N(CC)C(CCCCC)OC(=O)C(=C)C. The van der Waals surface area contributed by atoms with Crippen LogP contribution in [0.4, 0.5) is 0 Å². The van der Waals surface area contributed by atoms with Crippen molar-refractivity contribution < 1.29 is 14.3 Å². The van der Waals surface area contributed by atoms with E-state index in [0.29, 0.717) is 18.5 Å². The molecule has 0 aliphatic carbocycles. The second kappa shape index (κ2) is 9.36. The van der Waals surface area contributed by atoms with Crippen molar-refractivity contribution in [1.82, 2.24) is 4.90 Å². The van der Waals surface area contributed by atoms with Crippen LogP contribution < -0.4 is 0 Å². The predicted molar refractivity (Wildman–Crippen MR) is 76.4 cm³/mol. The fraction of sp³-hybridized carbons (Fsp3) is 0.600. The number of likely N-dealkylation sites (N-methyl/N-ethyl adjacent to an activating group) is 1. The van der Waals surface area contributed by atoms with Gasteiger partial charge < -0.3 is 9.64 Å². The first-order chi connectivity index (χ1) is 8.97. The normalized spacial score (nSPS) is 11.5. The van der Waals surface area contributed by atoms with Gasteiger partial charge in [-0.1, -0.05) is 32.9 Å². The average molecular weight is 267 g/mol. The smallest absolute Gasteiger partial charge is 0.335 e. The zero-order valence-corrected chi connectivity index (χ0v) is 12.3. The molecule has 0 heterocycles. The Balaban J connectivity index is 4.80. The van der Waals surface area contributed by atoms with E-state index in [0.717, 1.165) is 19.3 Å². The fourth-order valence-corrected chi connectivity index (χ4v) is 1.69. The van der Waals surface area contributed by atoms with E-state index in [2.05, 4.69) is 20.1 Å². The Hall–Kier alpha value is -1.58. The second-order valence-corrected chi connectivity index (χ2v) is 4.46. The number of hydrogen-bond donors (Lipinski definition) is 0. The van der Waals surface area contributed by atoms with Gasteiger partial charge in [0.25, 0.3) is 0 Å². The van der Waals surface area contributed by atoms with Gasteiger partial charge in [-0.25, -0.2) is 4.79 Å². The Morgan fingerprint density at radius 1 is 1.32 bits per heavy atom. The molecule has 1 unspecified atom stereocenters. The van der Waals surface area contributed by atoms with Crippen LogP contribution in [-0.4, -0.2) is 29.5 Å². The molecule has 0 saturated heterocycles. The molecular weight excluding hydrogens is 242 g/mol. The zero-order chi connectivity index (χ0) is 14.8. The summed E-state index contributed by atoms with van der Waals surface area (Å²) in [6, 6.07) is 0. The van der Waals surface area contributed by atoms with Gasteiger partial charge >= 0.3 is 5.97 Å². The number of esters is 1. The minimum absolute atomic E-state index is 0.224. The largest absolute Gasteiger partial charge is 0.438 e. The molecule has 0 aromatic heterocycles. The van der Waals surface area contributed by atoms with Gasteiger partial charge in [0.2, 0.25) is 5.91 Å². The van der Waals surface area contributed by atoms with Gasteiger partial charge in [-0.05, 0) is 26.3 Å². The van der Waals surface area contributed by atoms with E-state index in [-0.39, 0.29) is 5.91 Å². The molecule has 108 valence electrons. The van der Waals surface area contributed by atoms with E-state index >= 15 is 0 Å². The van der Waals surface area contributed by atoms with Crippen molar-refractivity contribution in [3.05, 3.63) is 24.8 Å². The lowest BCUT2D eigenvalue weighted by Gasteiger charge is -2.29. The van der Waals surface area contributed by atoms with Crippen LogP contribution in [0.1, 0.15) is 46.5 Å². The number of carbonyl (C=O) groups is 2. The van der Waals surface area contributed by atoms with Crippen molar-refractivity contribution in [2.45, 2.75) is 52.7 Å². The van der Waals surface area contributed by atoms with Crippen LogP contribution in [0.3, 0.4) is 0 Å². The Labute approximate surface area is 116 Å². The number of amides is 1. The zero-order valence-electron chi connectivity index (χ0n) is 12.3. The molecule has 0 spiro atoms. The topological polar surface area (TPSA) is 46.6 Å². The standard InChI is InChI=1S/C15H25NO3/c1-6-9-10-11-14(19-15(18)12(4)5)16(8-3)13(17)7-2/h7,14H,2,4,6,8-11H2,1,3,5H3. The number of unbranched alkanes of at least 4 members (excludes halogenated alkanes) is 2. The summed E-state index contributed by atoms with van der Waals surface area (Å²) in [6.45, 7) is 13.1. The molecule has 0 aromatic carbocycles. The average Bonchev–Trinajstić information content (AvgIpc) is 2.38. The molecular formula is C15H25NO3. The first-order valence-electron chi connectivity index (χ1n) is 6.77. The highest BCUT2D eigenvalue weighted by molar-refractivity contribution is 5.89. The molecule has 0 N–H and O–H groups in total. The molecule has 0 saturated carbocycles. The maximum atomic E-state index is 11.8. The molecule has 1 atom stereocenters. The molecule has 0 bridgehead atoms. The highest BCUT2D eigenvalue weighted by Gasteiger charge is 2.23. The quantitative estimate of drug-likeness (QED) is 0.279. The number of rotatable bonds is 9. The Kier molecular flexibility index (Phi) is 8.58. The summed E-state index contributed by atoms with van der Waals surface area (Å²) in [6.07, 6.45) is 4.37. The van der Waals surface area contributed by atoms with Crippen LogP contribution in [-0.2, 0) is 14.3 Å². The first kappa shape index (κ1) is 17.4. The van der Waals surface area contributed by atoms with Crippen LogP contribution >= 0.6 is 0 Å². The number of nitrogens with zero attached hydrogens (tertiary/aromatic N) is 1. The van der Waals surface area contributed by atoms with Crippen LogP contribution in [0.5, 0.6) is 0 Å². The summed E-state index contributed by atoms with van der Waals surface area (Å²) in [5, 5.41) is 0. The highest BCUT2D eigenvalue weighted by atomic mass is 16.6. The Bertz CT molecular complexity index is 336. The van der Waals surface area contributed by atoms with Crippen molar-refractivity contribution in [1.29, 1.82) is 0 Å². The molecule has 0 aliphatic rings. The van der Waals surface area contributed by atoms with Crippen LogP contribution in [0.2, 0.25) is 0 Å². The van der Waals surface area contributed by atoms with Crippen LogP contribution in [0.25, 0.3) is 0 Å². The van der Waals surface area contributed by atoms with E-state index in [9.17, 15) is 9.59 Å². The van der Waals surface area contributed by atoms with E-state index in [4.69, 9.17) is 4.74 Å². The minimum atomic E-state index is -0.536. The third-order valence-electron chi connectivity index (χ3n) is 2.79. The van der Waals surface area contributed by atoms with Gasteiger partial charge in [0, 0.05) is 18.5 Å². The monoisotopic (exact) mass is 267 g/mol. The van der Waals surface area contributed by atoms with Crippen LogP contribution in [0, 0.1) is 0 Å². The number of ether oxygens (including phenoxy) is 1. The molecule has 0 fully saturated rings. The van der Waals surface area contributed by atoms with Gasteiger partial charge in [-0.3, -0.25) is 4.79 Å². The van der Waals surface area contributed by atoms with E-state index in [1.54, 1.807) is 6.92 Å². The van der Waals surface area contributed by atoms with Gasteiger partial charge in [0.1, 0.15) is 0 Å². The molecule has 4 heteroatoms. The summed E-state index contributed by atoms with van der Waals surface area (Å²) in [7, 11) is 0. The molecule has 0 radical (unpaired) electrons. The predicted octanol–water partition coefficient (Wildman–Crippen LogP) is 3.05. The Morgan fingerprint density at radius 3 is 2.37 bits per heavy atom. The third kappa shape index (κ3) is 6.22. The summed E-state index contributed by atoms with van der Waals surface area (Å²) >= 11 is 0. The summed E-state index contributed by atoms with van der Waals surface area (Å²) in [5.74, 6) is -0.685. The molecule has 0 rings (SSSR count). The van der Waals surface area contributed by atoms with Crippen molar-refractivity contribution in [2.75, 3.05) is 6.54 Å². The maximum Gasteiger partial charge on any atom is 0.335 e. The number of hydrogen-bond acceptors (Lipinski definition) is 3. The van der Waals surface area contributed by atoms with E-state index < -0.39 is 12.2 Å². The van der Waals surface area contributed by atoms with Crippen molar-refractivity contribution in [3.8, 4) is 0 Å². The van der Waals surface area contributed by atoms with Crippen molar-refractivity contribution in [3.63, 3.8) is 0 Å². The van der Waals surface area contributed by atoms with E-state index in [1.807, 2.05) is 6.92 Å². The van der Waals surface area contributed by atoms with Gasteiger partial charge in [-0.2, -0.15) is 0 Å². The molecule has 0 aliphatic heterocycles. The third-order valence-corrected chi connectivity index (χ3v) is 2.79. The summed E-state index contributed by atoms with van der Waals surface area (Å²) in [5.41, 5.74) is 0.336. The van der Waals surface area contributed by atoms with Gasteiger partial charge in [0.05, 0.1) is 0 Å². The maximum absolute atomic E-state index is 11.8. The second-order valence-electron chi connectivity index (χ2n) is 4.46. The molecule has 4 nitrogen and oxygen atoms in total. The highest BCUT2D eigenvalue weighted by Crippen LogP contribution is 2.14. The summed E-state index contributed by atoms with van der Waals surface area (Å²) < 4.78 is 5.35. The fourth-order valence-electron chi connectivity index (χ4n) is 1.69. The molecule has 19 heavy (non-hydrogen) atoms. The lowest BCUT2D eigenvalue weighted by molar-refractivity contribution is -0.160. The van der Waals surface area contributed by atoms with Gasteiger partial charge in [-0.15, -0.1) is 0 Å². The number of carbonyl (C=O) groups excluding carboxylic acids is 2. The van der Waals surface area contributed by atoms with Gasteiger partial charge in [0.15, 0.2) is 6.23 Å². The summed E-state index contributed by atoms with van der Waals surface area (Å²) in [4.78, 5) is 24.9. The van der Waals surface area contributed by atoms with E-state index in [1.165, 1.54) is 11.0 Å². The van der Waals surface area contributed by atoms with Crippen LogP contribution in [0.15, 0.2) is 24.8 Å². The molecule has 1 amide bonds. The lowest BCUT2D eigenvalue weighted by Crippen LogP contribution is -2.42. The van der Waals surface area contributed by atoms with Crippen molar-refractivity contribution in [2.24, 2.45) is 0 Å². The minimum Gasteiger partial charge on any atom is -0.438 e. The first-order valence-corrected chi connectivity index (χ1v) is 6.77. The lowest BCUT2D eigenvalue weighted by atomic mass is 10.1. The Morgan fingerprint density at radius 2 is 1.95 bits per heavy atom. The van der Waals surface area contributed by atoms with Crippen molar-refractivity contribution >= 4 is 11.9 Å². The molecule has 0 aromatic rings.